The van der Waals surface area contributed by atoms with Crippen LogP contribution in [0, 0.1) is 0 Å². The van der Waals surface area contributed by atoms with Crippen LogP contribution in [0.4, 0.5) is 23.8 Å². The minimum absolute atomic E-state index is 0.0598. The van der Waals surface area contributed by atoms with Crippen molar-refractivity contribution in [1.29, 1.82) is 0 Å². The van der Waals surface area contributed by atoms with Gasteiger partial charge in [0.2, 0.25) is 23.8 Å². The molecule has 408 valence electrons. The van der Waals surface area contributed by atoms with Crippen molar-refractivity contribution in [2.24, 2.45) is 0 Å². The molecule has 0 bridgehead atoms. The highest BCUT2D eigenvalue weighted by atomic mass is 16.3. The number of hydrogen-bond acceptors (Lipinski definition) is 22. The summed E-state index contributed by atoms with van der Waals surface area (Å²) >= 11 is 0. The van der Waals surface area contributed by atoms with E-state index < -0.39 is 18.3 Å². The van der Waals surface area contributed by atoms with E-state index in [1.807, 2.05) is 6.07 Å². The van der Waals surface area contributed by atoms with Crippen molar-refractivity contribution in [2.75, 3.05) is 68.9 Å². The number of nitrogens with zero attached hydrogens (tertiary/aromatic N) is 4. The van der Waals surface area contributed by atoms with E-state index in [-0.39, 0.29) is 85.5 Å². The molecule has 0 aliphatic carbocycles. The Morgan fingerprint density at radius 1 is 0.447 bits per heavy atom. The minimum atomic E-state index is -0.817. The van der Waals surface area contributed by atoms with Gasteiger partial charge in [0.25, 0.3) is 22.2 Å². The van der Waals surface area contributed by atoms with E-state index in [0.717, 1.165) is 41.6 Å². The number of H-pyrrole nitrogens is 8. The van der Waals surface area contributed by atoms with E-state index in [2.05, 4.69) is 105 Å². The highest BCUT2D eigenvalue weighted by Gasteiger charge is 2.14. The minimum Gasteiger partial charge on any atom is -0.394 e. The number of nitrogens with one attached hydrogen (secondary N) is 12. The van der Waals surface area contributed by atoms with E-state index in [4.69, 9.17) is 38.3 Å². The number of benzene rings is 1. The molecule has 76 heavy (non-hydrogen) atoms. The molecule has 1 unspecified atom stereocenters. The smallest absolute Gasteiger partial charge is 0.262 e. The zero-order chi connectivity index (χ0) is 54.7. The van der Waals surface area contributed by atoms with Gasteiger partial charge in [-0.1, -0.05) is 30.3 Å². The van der Waals surface area contributed by atoms with Gasteiger partial charge in [0.05, 0.1) is 59.7 Å². The van der Waals surface area contributed by atoms with Crippen molar-refractivity contribution in [1.82, 2.24) is 81.1 Å². The Morgan fingerprint density at radius 2 is 0.737 bits per heavy atom. The second-order valence-electron chi connectivity index (χ2n) is 17.1. The standard InChI is InChI=1S/C16H19N5O.3C10H15N5O3/c17-16-20-14-13(15(22)21-16)12(10-19-14)9-18-8-4-7-11-5-2-1-3-6-11;3*11-10-14-8-7(9(18)15-10)5(2-13-8)1-12-3-6(17)4-16/h1-3,5-6,10,18H,4,7-9H2,(H4,17,19,20,21,22);3*2,6,12,16-17H,1,3-4H2,(H4,11,13,14,15,18)/t;2*6-;/m.10./s1. The zero-order valence-electron chi connectivity index (χ0n) is 41.0. The lowest BCUT2D eigenvalue weighted by atomic mass is 10.1. The first-order valence-corrected chi connectivity index (χ1v) is 23.7. The average Bonchev–Trinajstić information content (AvgIpc) is 4.21. The van der Waals surface area contributed by atoms with Crippen LogP contribution in [-0.4, -0.2) is 155 Å². The van der Waals surface area contributed by atoms with Gasteiger partial charge in [-0.2, -0.15) is 19.9 Å². The molecule has 0 amide bonds. The molecule has 0 saturated heterocycles. The highest BCUT2D eigenvalue weighted by Crippen LogP contribution is 2.15. The third-order valence-electron chi connectivity index (χ3n) is 11.3. The SMILES string of the molecule is Nc1nc2[nH]cc(CNCC(O)CO)c2c(=O)[nH]1.Nc1nc2[nH]cc(CNCCCc3ccccc3)c2c(=O)[nH]1.Nc1nc2[nH]cc(CNC[C@@H](O)CO)c2c(=O)[nH]1.Nc1nc2[nH]cc(CNC[C@H](O)CO)c2c(=O)[nH]1. The molecule has 0 aliphatic rings. The second-order valence-corrected chi connectivity index (χ2v) is 17.1. The number of aliphatic hydroxyl groups excluding tert-OH is 6. The van der Waals surface area contributed by atoms with Gasteiger partial charge in [0, 0.05) is 70.6 Å². The fraction of sp³-hybridized carbons (Fsp3) is 0.348. The number of fused-ring (bicyclic) bond motifs is 4. The van der Waals surface area contributed by atoms with Crippen LogP contribution >= 0.6 is 0 Å². The lowest BCUT2D eigenvalue weighted by molar-refractivity contribution is 0.0942. The molecule has 0 fully saturated rings. The van der Waals surface area contributed by atoms with Crippen LogP contribution in [0.3, 0.4) is 0 Å². The maximum Gasteiger partial charge on any atom is 0.262 e. The summed E-state index contributed by atoms with van der Waals surface area (Å²) in [6, 6.07) is 10.4. The molecule has 0 aliphatic heterocycles. The second kappa shape index (κ2) is 27.8. The van der Waals surface area contributed by atoms with Crippen LogP contribution in [-0.2, 0) is 32.6 Å². The summed E-state index contributed by atoms with van der Waals surface area (Å²) in [5, 5.41) is 67.6. The van der Waals surface area contributed by atoms with Gasteiger partial charge in [-0.05, 0) is 47.2 Å². The number of rotatable bonds is 21. The number of nitrogens with two attached hydrogens (primary N) is 4. The summed E-state index contributed by atoms with van der Waals surface area (Å²) in [7, 11) is 0. The van der Waals surface area contributed by atoms with Gasteiger partial charge in [-0.25, -0.2) is 0 Å². The van der Waals surface area contributed by atoms with Gasteiger partial charge in [-0.3, -0.25) is 39.1 Å². The largest absolute Gasteiger partial charge is 0.394 e. The third kappa shape index (κ3) is 15.9. The normalized spacial score (nSPS) is 12.4. The van der Waals surface area contributed by atoms with Crippen LogP contribution in [0.5, 0.6) is 0 Å². The topological polar surface area (TPSA) is 520 Å². The lowest BCUT2D eigenvalue weighted by Gasteiger charge is -2.07. The van der Waals surface area contributed by atoms with Crippen LogP contribution in [0.1, 0.15) is 34.2 Å². The van der Waals surface area contributed by atoms with Crippen molar-refractivity contribution in [3.63, 3.8) is 0 Å². The Bertz CT molecular complexity index is 3240. The predicted octanol–water partition coefficient (Wildman–Crippen LogP) is -3.62. The number of aliphatic hydroxyl groups is 6. The lowest BCUT2D eigenvalue weighted by Crippen LogP contribution is -2.29. The molecule has 0 saturated carbocycles. The van der Waals surface area contributed by atoms with Crippen molar-refractivity contribution in [2.45, 2.75) is 57.3 Å². The van der Waals surface area contributed by atoms with Gasteiger partial charge >= 0.3 is 0 Å². The molecule has 3 atom stereocenters. The Hall–Kier alpha value is -8.30. The Balaban J connectivity index is 0.000000165. The Labute approximate surface area is 429 Å². The number of aromatic nitrogens is 12. The molecule has 9 rings (SSSR count). The van der Waals surface area contributed by atoms with E-state index in [1.165, 1.54) is 5.56 Å². The summed E-state index contributed by atoms with van der Waals surface area (Å²) in [6.07, 6.45) is 6.41. The van der Waals surface area contributed by atoms with E-state index in [9.17, 15) is 34.5 Å². The molecular weight excluding hydrogens is 993 g/mol. The molecule has 30 heteroatoms. The van der Waals surface area contributed by atoms with Crippen molar-refractivity contribution in [3.05, 3.63) is 124 Å². The Kier molecular flexibility index (Phi) is 20.9. The van der Waals surface area contributed by atoms with Crippen molar-refractivity contribution >= 4 is 67.9 Å². The van der Waals surface area contributed by atoms with Gasteiger partial charge in [0.15, 0.2) is 0 Å². The average molecular weight is 1060 g/mol. The molecule has 0 spiro atoms. The predicted molar refractivity (Wildman–Crippen MR) is 285 cm³/mol. The van der Waals surface area contributed by atoms with Crippen molar-refractivity contribution < 1.29 is 30.6 Å². The zero-order valence-corrected chi connectivity index (χ0v) is 41.0. The van der Waals surface area contributed by atoms with Crippen LogP contribution in [0.15, 0.2) is 74.3 Å². The first-order chi connectivity index (χ1) is 36.6. The number of hydrogen-bond donors (Lipinski definition) is 22. The van der Waals surface area contributed by atoms with Gasteiger partial charge in [-0.15, -0.1) is 0 Å². The molecule has 30 nitrogen and oxygen atoms in total. The first kappa shape index (κ1) is 57.0. The molecule has 1 aromatic carbocycles. The third-order valence-corrected chi connectivity index (χ3v) is 11.3. The fourth-order valence-electron chi connectivity index (χ4n) is 7.64. The summed E-state index contributed by atoms with van der Waals surface area (Å²) < 4.78 is 0. The molecular formula is C46H64N20O10. The molecule has 8 heterocycles. The van der Waals surface area contributed by atoms with Gasteiger partial charge < -0.3 is 94.8 Å². The maximum absolute atomic E-state index is 11.9. The number of aromatic amines is 8. The number of aryl methyl sites for hydroxylation is 1. The van der Waals surface area contributed by atoms with Crippen LogP contribution < -0.4 is 66.4 Å². The molecule has 9 aromatic rings. The number of nitrogen functional groups attached to an aromatic ring is 4. The highest BCUT2D eigenvalue weighted by molar-refractivity contribution is 5.81. The first-order valence-electron chi connectivity index (χ1n) is 23.7. The monoisotopic (exact) mass is 1060 g/mol. The molecule has 8 aromatic heterocycles. The maximum atomic E-state index is 11.9. The summed E-state index contributed by atoms with van der Waals surface area (Å²) in [5.74, 6) is 0.306. The summed E-state index contributed by atoms with van der Waals surface area (Å²) in [4.78, 5) is 84.4. The fourth-order valence-corrected chi connectivity index (χ4v) is 7.64. The quantitative estimate of drug-likeness (QED) is 0.0309. The van der Waals surface area contributed by atoms with Gasteiger partial charge in [0.1, 0.15) is 22.6 Å². The molecule has 26 N–H and O–H groups in total. The molecule has 0 radical (unpaired) electrons. The Morgan fingerprint density at radius 3 is 1.03 bits per heavy atom. The van der Waals surface area contributed by atoms with E-state index >= 15 is 0 Å². The van der Waals surface area contributed by atoms with Crippen LogP contribution in [0.25, 0.3) is 44.1 Å². The van der Waals surface area contributed by atoms with Crippen molar-refractivity contribution in [3.8, 4) is 0 Å². The number of anilines is 4. The van der Waals surface area contributed by atoms with E-state index in [1.54, 1.807) is 24.8 Å². The van der Waals surface area contributed by atoms with Crippen LogP contribution in [0.2, 0.25) is 0 Å². The van der Waals surface area contributed by atoms with E-state index in [0.29, 0.717) is 70.3 Å². The summed E-state index contributed by atoms with van der Waals surface area (Å²) in [6.45, 7) is 2.46. The summed E-state index contributed by atoms with van der Waals surface area (Å²) in [5.41, 5.74) is 26.9.